The first-order valence-corrected chi connectivity index (χ1v) is 11.6. The Labute approximate surface area is 198 Å². The molecule has 0 unspecified atom stereocenters. The second-order valence-electron chi connectivity index (χ2n) is 9.39. The molecule has 9 heteroatoms. The van der Waals surface area contributed by atoms with Crippen molar-refractivity contribution in [2.24, 2.45) is 11.3 Å². The van der Waals surface area contributed by atoms with Crippen molar-refractivity contribution >= 4 is 39.3 Å². The first kappa shape index (κ1) is 24.7. The maximum atomic E-state index is 13.3. The number of fused-ring (bicyclic) bond motifs is 1. The summed E-state index contributed by atoms with van der Waals surface area (Å²) in [6.45, 7) is 10.8. The van der Waals surface area contributed by atoms with Gasteiger partial charge in [0.2, 0.25) is 5.95 Å². The van der Waals surface area contributed by atoms with Gasteiger partial charge >= 0.3 is 0 Å². The fourth-order valence-electron chi connectivity index (χ4n) is 3.63. The summed E-state index contributed by atoms with van der Waals surface area (Å²) in [5, 5.41) is 4.10. The van der Waals surface area contributed by atoms with E-state index in [0.29, 0.717) is 41.5 Å². The van der Waals surface area contributed by atoms with E-state index in [9.17, 15) is 9.59 Å². The highest BCUT2D eigenvalue weighted by atomic mass is 32.1. The van der Waals surface area contributed by atoms with Crippen LogP contribution in [0.15, 0.2) is 24.5 Å². The lowest BCUT2D eigenvalue weighted by molar-refractivity contribution is -0.128. The average Bonchev–Trinajstić information content (AvgIpc) is 3.09. The zero-order chi connectivity index (χ0) is 23.0. The number of amides is 1. The lowest BCUT2D eigenvalue weighted by atomic mass is 9.83. The van der Waals surface area contributed by atoms with Crippen molar-refractivity contribution in [2.75, 3.05) is 18.4 Å². The molecule has 0 aromatic carbocycles. The van der Waals surface area contributed by atoms with Crippen molar-refractivity contribution in [1.82, 2.24) is 24.8 Å². The Morgan fingerprint density at radius 3 is 2.61 bits per heavy atom. The zero-order valence-corrected chi connectivity index (χ0v) is 19.9. The van der Waals surface area contributed by atoms with Gasteiger partial charge in [-0.2, -0.15) is 4.98 Å². The maximum absolute atomic E-state index is 13.3. The van der Waals surface area contributed by atoms with E-state index < -0.39 is 0 Å². The lowest BCUT2D eigenvalue weighted by Crippen LogP contribution is -2.51. The van der Waals surface area contributed by atoms with Crippen LogP contribution in [-0.4, -0.2) is 49.6 Å². The van der Waals surface area contributed by atoms with Crippen LogP contribution in [0.25, 0.3) is 10.3 Å². The van der Waals surface area contributed by atoms with E-state index in [2.05, 4.69) is 25.3 Å². The van der Waals surface area contributed by atoms with Gasteiger partial charge in [-0.05, 0) is 25.5 Å². The van der Waals surface area contributed by atoms with Gasteiger partial charge in [-0.1, -0.05) is 34.3 Å². The molecule has 1 atom stereocenters. The molecule has 8 nitrogen and oxygen atoms in total. The van der Waals surface area contributed by atoms with Crippen molar-refractivity contribution in [3.8, 4) is 0 Å². The van der Waals surface area contributed by atoms with Crippen LogP contribution in [-0.2, 0) is 4.79 Å². The summed E-state index contributed by atoms with van der Waals surface area (Å²) in [5.74, 6) is 0.655. The number of pyridine rings is 1. The molecule has 0 aliphatic carbocycles. The van der Waals surface area contributed by atoms with Gasteiger partial charge in [-0.15, -0.1) is 11.3 Å². The maximum Gasteiger partial charge on any atom is 0.274 e. The monoisotopic (exact) mass is 468 g/mol. The van der Waals surface area contributed by atoms with Gasteiger partial charge in [0.15, 0.2) is 11.3 Å². The smallest absolute Gasteiger partial charge is 0.274 e. The second kappa shape index (κ2) is 9.51. The Kier molecular flexibility index (Phi) is 7.11. The third kappa shape index (κ3) is 5.35. The Morgan fingerprint density at radius 1 is 1.24 bits per heavy atom. The number of carbonyl (C=O) groups excluding carboxylic acids is 2. The van der Waals surface area contributed by atoms with Gasteiger partial charge in [0.05, 0.1) is 11.0 Å². The van der Waals surface area contributed by atoms with Crippen LogP contribution in [0.5, 0.6) is 0 Å². The quantitative estimate of drug-likeness (QED) is 0.561. The Balaban J connectivity index is 0.00000306. The Hall–Kier alpha value is -2.94. The summed E-state index contributed by atoms with van der Waals surface area (Å²) in [7, 11) is 0. The van der Waals surface area contributed by atoms with Crippen molar-refractivity contribution in [3.63, 3.8) is 0 Å². The molecule has 0 spiro atoms. The first-order valence-electron chi connectivity index (χ1n) is 10.8. The van der Waals surface area contributed by atoms with Crippen LogP contribution in [0.4, 0.5) is 5.95 Å². The van der Waals surface area contributed by atoms with Crippen LogP contribution in [0.1, 0.15) is 68.6 Å². The summed E-state index contributed by atoms with van der Waals surface area (Å²) in [5.41, 5.74) is 1.52. The second-order valence-corrected chi connectivity index (χ2v) is 10.6. The van der Waals surface area contributed by atoms with Gasteiger partial charge < -0.3 is 10.2 Å². The molecular formula is C24H32N6O2S. The van der Waals surface area contributed by atoms with E-state index in [1.807, 2.05) is 46.8 Å². The number of Topliss-reactive ketones (excluding diaryl/α,β-unsaturated/α-hetero) is 1. The predicted molar refractivity (Wildman–Crippen MR) is 131 cm³/mol. The number of nitrogens with one attached hydrogen (secondary N) is 1. The zero-order valence-electron chi connectivity index (χ0n) is 19.0. The van der Waals surface area contributed by atoms with E-state index in [0.717, 1.165) is 10.6 Å². The van der Waals surface area contributed by atoms with Crippen LogP contribution in [0.3, 0.4) is 0 Å². The van der Waals surface area contributed by atoms with Gasteiger partial charge in [-0.3, -0.25) is 14.6 Å². The fraction of sp³-hybridized carbons (Fsp3) is 0.500. The molecule has 0 bridgehead atoms. The number of aryl methyl sites for hydroxylation is 1. The molecule has 0 radical (unpaired) electrons. The predicted octanol–water partition coefficient (Wildman–Crippen LogP) is 4.68. The van der Waals surface area contributed by atoms with Crippen LogP contribution in [0.2, 0.25) is 0 Å². The number of anilines is 1. The van der Waals surface area contributed by atoms with Crippen molar-refractivity contribution in [2.45, 2.75) is 54.5 Å². The number of carbonyl (C=O) groups is 2. The third-order valence-corrected chi connectivity index (χ3v) is 6.62. The third-order valence-electron chi connectivity index (χ3n) is 5.65. The fourth-order valence-corrected chi connectivity index (χ4v) is 4.47. The molecule has 176 valence electrons. The normalized spacial score (nSPS) is 15.0. The summed E-state index contributed by atoms with van der Waals surface area (Å²) < 4.78 is 0.696. The van der Waals surface area contributed by atoms with Gasteiger partial charge in [-0.25, -0.2) is 9.97 Å². The molecule has 4 rings (SSSR count). The number of rotatable bonds is 6. The minimum atomic E-state index is -0.352. The SMILES string of the molecule is C.Cc1nc2nc(N[C@@H](C)c3cccnc3)nc(C(=O)N3CC(CC(=O)C(C)(C)C)C3)c2s1. The van der Waals surface area contributed by atoms with E-state index in [1.54, 1.807) is 17.3 Å². The Bertz CT molecular complexity index is 1150. The average molecular weight is 469 g/mol. The standard InChI is InChI=1S/C23H28N6O2S.CH4/c1-13(16-7-6-8-24-10-16)25-22-27-18(19-20(28-22)26-14(2)32-19)21(31)29-11-15(12-29)9-17(30)23(3,4)5;/h6-8,10,13,15H,9,11-12H2,1-5H3,(H,25,27,28);1H4/t13-;/m0./s1. The summed E-state index contributed by atoms with van der Waals surface area (Å²) in [4.78, 5) is 45.1. The van der Waals surface area contributed by atoms with Gasteiger partial charge in [0.1, 0.15) is 10.5 Å². The van der Waals surface area contributed by atoms with E-state index in [-0.39, 0.29) is 36.5 Å². The topological polar surface area (TPSA) is 101 Å². The highest BCUT2D eigenvalue weighted by Gasteiger charge is 2.36. The molecular weight excluding hydrogens is 436 g/mol. The minimum absolute atomic E-state index is 0. The molecule has 1 aliphatic heterocycles. The molecule has 33 heavy (non-hydrogen) atoms. The van der Waals surface area contributed by atoms with Gasteiger partial charge in [0.25, 0.3) is 5.91 Å². The highest BCUT2D eigenvalue weighted by Crippen LogP contribution is 2.30. The number of likely N-dealkylation sites (tertiary alicyclic amines) is 1. The summed E-state index contributed by atoms with van der Waals surface area (Å²) in [6.07, 6.45) is 4.01. The summed E-state index contributed by atoms with van der Waals surface area (Å²) in [6, 6.07) is 3.77. The number of ketones is 1. The van der Waals surface area contributed by atoms with Crippen LogP contribution >= 0.6 is 11.3 Å². The molecule has 1 aliphatic rings. The first-order chi connectivity index (χ1) is 15.1. The Morgan fingerprint density at radius 2 is 1.97 bits per heavy atom. The van der Waals surface area contributed by atoms with Crippen molar-refractivity contribution in [1.29, 1.82) is 0 Å². The molecule has 4 heterocycles. The van der Waals surface area contributed by atoms with Gasteiger partial charge in [0, 0.05) is 43.2 Å². The highest BCUT2D eigenvalue weighted by molar-refractivity contribution is 7.18. The number of hydrogen-bond acceptors (Lipinski definition) is 8. The number of nitrogens with zero attached hydrogens (tertiary/aromatic N) is 5. The summed E-state index contributed by atoms with van der Waals surface area (Å²) >= 11 is 1.42. The number of thiazole rings is 1. The lowest BCUT2D eigenvalue weighted by Gasteiger charge is -2.39. The molecule has 1 N–H and O–H groups in total. The minimum Gasteiger partial charge on any atom is -0.348 e. The molecule has 1 saturated heterocycles. The van der Waals surface area contributed by atoms with Crippen molar-refractivity contribution < 1.29 is 9.59 Å². The van der Waals surface area contributed by atoms with E-state index >= 15 is 0 Å². The number of aromatic nitrogens is 4. The number of hydrogen-bond donors (Lipinski definition) is 1. The van der Waals surface area contributed by atoms with E-state index in [4.69, 9.17) is 0 Å². The molecule has 3 aromatic heterocycles. The molecule has 3 aromatic rings. The van der Waals surface area contributed by atoms with Crippen molar-refractivity contribution in [3.05, 3.63) is 40.8 Å². The van der Waals surface area contributed by atoms with Crippen LogP contribution < -0.4 is 5.32 Å². The largest absolute Gasteiger partial charge is 0.348 e. The molecule has 1 fully saturated rings. The van der Waals surface area contributed by atoms with Crippen LogP contribution in [0, 0.1) is 18.3 Å². The van der Waals surface area contributed by atoms with E-state index in [1.165, 1.54) is 11.3 Å². The molecule has 0 saturated carbocycles. The molecule has 1 amide bonds.